The van der Waals surface area contributed by atoms with Gasteiger partial charge in [0.05, 0.1) is 11.2 Å². The monoisotopic (exact) mass is 369 g/mol. The lowest BCUT2D eigenvalue weighted by Crippen LogP contribution is -1.99. The number of nitrogens with zero attached hydrogens (tertiary/aromatic N) is 1. The third kappa shape index (κ3) is 4.01. The van der Waals surface area contributed by atoms with Gasteiger partial charge in [0.2, 0.25) is 0 Å². The summed E-state index contributed by atoms with van der Waals surface area (Å²) in [5.41, 5.74) is 3.57. The lowest BCUT2D eigenvalue weighted by atomic mass is 10.0. The molecule has 0 fully saturated rings. The topological polar surface area (TPSA) is 59.4 Å². The van der Waals surface area contributed by atoms with Crippen LogP contribution in [0, 0.1) is 0 Å². The zero-order valence-electron chi connectivity index (χ0n) is 15.2. The summed E-state index contributed by atoms with van der Waals surface area (Å²) in [6, 6.07) is 27.2. The number of aryl methyl sites for hydroxylation is 1. The molecular formula is C24H19NO3. The van der Waals surface area contributed by atoms with Crippen molar-refractivity contribution in [1.82, 2.24) is 4.98 Å². The van der Waals surface area contributed by atoms with Crippen molar-refractivity contribution in [2.24, 2.45) is 0 Å². The van der Waals surface area contributed by atoms with E-state index in [0.29, 0.717) is 6.42 Å². The number of carbonyl (C=O) groups is 1. The maximum Gasteiger partial charge on any atom is 0.303 e. The third-order valence-corrected chi connectivity index (χ3v) is 4.52. The number of fused-ring (bicyclic) bond motifs is 1. The van der Waals surface area contributed by atoms with Gasteiger partial charge in [-0.05, 0) is 48.4 Å². The smallest absolute Gasteiger partial charge is 0.303 e. The van der Waals surface area contributed by atoms with Crippen LogP contribution in [0.15, 0.2) is 84.9 Å². The largest absolute Gasteiger partial charge is 0.481 e. The molecule has 28 heavy (non-hydrogen) atoms. The average Bonchev–Trinajstić information content (AvgIpc) is 2.72. The van der Waals surface area contributed by atoms with Crippen LogP contribution >= 0.6 is 0 Å². The number of rotatable bonds is 6. The van der Waals surface area contributed by atoms with Crippen LogP contribution in [0.4, 0.5) is 0 Å². The van der Waals surface area contributed by atoms with Crippen molar-refractivity contribution in [1.29, 1.82) is 0 Å². The maximum absolute atomic E-state index is 11.0. The van der Waals surface area contributed by atoms with E-state index in [4.69, 9.17) is 14.8 Å². The molecular weight excluding hydrogens is 350 g/mol. The molecule has 0 aliphatic carbocycles. The Morgan fingerprint density at radius 1 is 0.857 bits per heavy atom. The van der Waals surface area contributed by atoms with E-state index < -0.39 is 5.97 Å². The van der Waals surface area contributed by atoms with Crippen LogP contribution in [0.25, 0.3) is 22.2 Å². The lowest BCUT2D eigenvalue weighted by Gasteiger charge is -2.11. The second-order valence-corrected chi connectivity index (χ2v) is 6.52. The summed E-state index contributed by atoms with van der Waals surface area (Å²) in [5, 5.41) is 10.1. The molecule has 1 aromatic heterocycles. The Morgan fingerprint density at radius 3 is 2.43 bits per heavy atom. The minimum absolute atomic E-state index is 0.0879. The molecule has 0 unspecified atom stereocenters. The Balaban J connectivity index is 1.72. The molecule has 4 aromatic rings. The second-order valence-electron chi connectivity index (χ2n) is 6.52. The maximum atomic E-state index is 11.0. The van der Waals surface area contributed by atoms with Crippen LogP contribution in [0.1, 0.15) is 12.0 Å². The average molecular weight is 369 g/mol. The van der Waals surface area contributed by atoms with Gasteiger partial charge in [0.15, 0.2) is 0 Å². The van der Waals surface area contributed by atoms with Crippen LogP contribution in [-0.4, -0.2) is 16.1 Å². The van der Waals surface area contributed by atoms with E-state index >= 15 is 0 Å². The molecule has 0 atom stereocenters. The highest BCUT2D eigenvalue weighted by atomic mass is 16.5. The van der Waals surface area contributed by atoms with E-state index in [9.17, 15) is 4.79 Å². The molecule has 4 rings (SSSR count). The van der Waals surface area contributed by atoms with E-state index in [1.807, 2.05) is 84.9 Å². The van der Waals surface area contributed by atoms with E-state index in [1.54, 1.807) is 0 Å². The van der Waals surface area contributed by atoms with E-state index in [2.05, 4.69) is 0 Å². The fourth-order valence-electron chi connectivity index (χ4n) is 3.19. The number of para-hydroxylation sites is 2. The molecule has 1 N–H and O–H groups in total. The molecule has 4 nitrogen and oxygen atoms in total. The predicted molar refractivity (Wildman–Crippen MR) is 110 cm³/mol. The van der Waals surface area contributed by atoms with Gasteiger partial charge in [0.1, 0.15) is 11.5 Å². The summed E-state index contributed by atoms with van der Waals surface area (Å²) in [6.07, 6.45) is 0.552. The van der Waals surface area contributed by atoms with Crippen LogP contribution < -0.4 is 4.74 Å². The molecule has 0 spiro atoms. The summed E-state index contributed by atoms with van der Waals surface area (Å²) in [7, 11) is 0. The molecule has 0 amide bonds. The number of carboxylic acid groups (broad SMARTS) is 1. The van der Waals surface area contributed by atoms with E-state index in [0.717, 1.165) is 39.2 Å². The number of aliphatic carboxylic acids is 1. The Kier molecular flexibility index (Phi) is 5.02. The van der Waals surface area contributed by atoms with Gasteiger partial charge in [-0.1, -0.05) is 48.5 Å². The molecule has 0 aliphatic rings. The first-order chi connectivity index (χ1) is 13.7. The normalized spacial score (nSPS) is 10.7. The standard InChI is InChI=1S/C24H19NO3/c26-24(27)14-13-17-16-23(25-22-12-5-4-11-21(17)22)18-7-6-10-20(15-18)28-19-8-2-1-3-9-19/h1-12,15-16H,13-14H2,(H,26,27). The summed E-state index contributed by atoms with van der Waals surface area (Å²) in [4.78, 5) is 15.8. The Morgan fingerprint density at radius 2 is 1.61 bits per heavy atom. The van der Waals surface area contributed by atoms with Crippen molar-refractivity contribution in [2.75, 3.05) is 0 Å². The zero-order valence-corrected chi connectivity index (χ0v) is 15.2. The van der Waals surface area contributed by atoms with Crippen molar-refractivity contribution >= 4 is 16.9 Å². The molecule has 3 aromatic carbocycles. The Labute approximate surface area is 163 Å². The predicted octanol–water partition coefficient (Wildman–Crippen LogP) is 5.71. The highest BCUT2D eigenvalue weighted by Crippen LogP contribution is 2.29. The van der Waals surface area contributed by atoms with Crippen LogP contribution in [0.2, 0.25) is 0 Å². The van der Waals surface area contributed by atoms with Gasteiger partial charge in [0, 0.05) is 17.4 Å². The van der Waals surface area contributed by atoms with E-state index in [1.165, 1.54) is 0 Å². The van der Waals surface area contributed by atoms with Crippen molar-refractivity contribution in [2.45, 2.75) is 12.8 Å². The van der Waals surface area contributed by atoms with Gasteiger partial charge in [0.25, 0.3) is 0 Å². The van der Waals surface area contributed by atoms with Gasteiger partial charge < -0.3 is 9.84 Å². The molecule has 0 radical (unpaired) electrons. The zero-order chi connectivity index (χ0) is 19.3. The number of aromatic nitrogens is 1. The highest BCUT2D eigenvalue weighted by molar-refractivity contribution is 5.85. The number of hydrogen-bond acceptors (Lipinski definition) is 3. The van der Waals surface area contributed by atoms with Crippen molar-refractivity contribution in [3.05, 3.63) is 90.5 Å². The fourth-order valence-corrected chi connectivity index (χ4v) is 3.19. The number of pyridine rings is 1. The quantitative estimate of drug-likeness (QED) is 0.473. The Bertz CT molecular complexity index is 1120. The minimum Gasteiger partial charge on any atom is -0.481 e. The van der Waals surface area contributed by atoms with Crippen LogP contribution in [0.5, 0.6) is 11.5 Å². The first kappa shape index (κ1) is 17.7. The van der Waals surface area contributed by atoms with Crippen molar-refractivity contribution in [3.63, 3.8) is 0 Å². The van der Waals surface area contributed by atoms with Gasteiger partial charge >= 0.3 is 5.97 Å². The molecule has 4 heteroatoms. The first-order valence-electron chi connectivity index (χ1n) is 9.13. The van der Waals surface area contributed by atoms with Crippen LogP contribution in [0.3, 0.4) is 0 Å². The molecule has 0 bridgehead atoms. The summed E-state index contributed by atoms with van der Waals surface area (Å²) in [6.45, 7) is 0. The second kappa shape index (κ2) is 7.92. The fraction of sp³-hybridized carbons (Fsp3) is 0.0833. The third-order valence-electron chi connectivity index (χ3n) is 4.52. The number of ether oxygens (including phenoxy) is 1. The number of carboxylic acids is 1. The molecule has 0 saturated carbocycles. The minimum atomic E-state index is -0.805. The summed E-state index contributed by atoms with van der Waals surface area (Å²) >= 11 is 0. The molecule has 0 saturated heterocycles. The SMILES string of the molecule is O=C(O)CCc1cc(-c2cccc(Oc3ccccc3)c2)nc2ccccc12. The van der Waals surface area contributed by atoms with Gasteiger partial charge in [-0.2, -0.15) is 0 Å². The van der Waals surface area contributed by atoms with E-state index in [-0.39, 0.29) is 6.42 Å². The summed E-state index contributed by atoms with van der Waals surface area (Å²) in [5.74, 6) is 0.694. The lowest BCUT2D eigenvalue weighted by molar-refractivity contribution is -0.136. The van der Waals surface area contributed by atoms with Crippen molar-refractivity contribution < 1.29 is 14.6 Å². The number of hydrogen-bond donors (Lipinski definition) is 1. The van der Waals surface area contributed by atoms with Gasteiger partial charge in [-0.25, -0.2) is 4.98 Å². The summed E-state index contributed by atoms with van der Waals surface area (Å²) < 4.78 is 5.93. The Hall–Kier alpha value is -3.66. The van der Waals surface area contributed by atoms with Crippen LogP contribution in [-0.2, 0) is 11.2 Å². The van der Waals surface area contributed by atoms with Gasteiger partial charge in [-0.15, -0.1) is 0 Å². The van der Waals surface area contributed by atoms with Crippen molar-refractivity contribution in [3.8, 4) is 22.8 Å². The highest BCUT2D eigenvalue weighted by Gasteiger charge is 2.10. The number of benzene rings is 3. The van der Waals surface area contributed by atoms with Gasteiger partial charge in [-0.3, -0.25) is 4.79 Å². The molecule has 0 aliphatic heterocycles. The molecule has 1 heterocycles. The molecule has 138 valence electrons. The first-order valence-corrected chi connectivity index (χ1v) is 9.13.